The number of aromatic nitrogens is 1. The first-order chi connectivity index (χ1) is 7.78. The van der Waals surface area contributed by atoms with E-state index in [1.807, 2.05) is 18.3 Å². The molecular formula is C11H15N3OS. The van der Waals surface area contributed by atoms with Crippen LogP contribution in [-0.4, -0.2) is 29.1 Å². The Morgan fingerprint density at radius 3 is 3.00 bits per heavy atom. The number of nitrogens with zero attached hydrogens (tertiary/aromatic N) is 2. The fourth-order valence-corrected chi connectivity index (χ4v) is 2.22. The smallest absolute Gasteiger partial charge is 0.212 e. The molecule has 0 amide bonds. The Hall–Kier alpha value is -1.23. The number of nitrogens with one attached hydrogen (secondary N) is 1. The standard InChI is InChI=1S/C11H15N3OS/c1-8-5-13-11(16-8)14-7-9-3-4-10(15-2)12-6-9/h3-4,6,8H,5,7H2,1-2H3,(H,13,14). The minimum Gasteiger partial charge on any atom is -0.481 e. The van der Waals surface area contributed by atoms with Crippen LogP contribution in [-0.2, 0) is 6.54 Å². The Labute approximate surface area is 99.5 Å². The highest BCUT2D eigenvalue weighted by atomic mass is 32.2. The molecule has 4 nitrogen and oxygen atoms in total. The molecular weight excluding hydrogens is 222 g/mol. The Bertz CT molecular complexity index is 377. The zero-order valence-electron chi connectivity index (χ0n) is 9.43. The average molecular weight is 237 g/mol. The summed E-state index contributed by atoms with van der Waals surface area (Å²) in [5, 5.41) is 4.92. The molecule has 0 radical (unpaired) electrons. The average Bonchev–Trinajstić information content (AvgIpc) is 2.73. The van der Waals surface area contributed by atoms with Crippen LogP contribution in [0.2, 0.25) is 0 Å². The highest BCUT2D eigenvalue weighted by molar-refractivity contribution is 8.14. The van der Waals surface area contributed by atoms with Gasteiger partial charge in [0.15, 0.2) is 5.17 Å². The van der Waals surface area contributed by atoms with Gasteiger partial charge in [0.1, 0.15) is 0 Å². The zero-order valence-corrected chi connectivity index (χ0v) is 10.3. The third-order valence-corrected chi connectivity index (χ3v) is 3.30. The second kappa shape index (κ2) is 5.21. The normalized spacial score (nSPS) is 19.4. The molecule has 2 heterocycles. The lowest BCUT2D eigenvalue weighted by Gasteiger charge is -2.06. The van der Waals surface area contributed by atoms with Gasteiger partial charge in [-0.15, -0.1) is 0 Å². The summed E-state index contributed by atoms with van der Waals surface area (Å²) in [5.41, 5.74) is 1.13. The van der Waals surface area contributed by atoms with E-state index >= 15 is 0 Å². The summed E-state index contributed by atoms with van der Waals surface area (Å²) >= 11 is 1.79. The lowest BCUT2D eigenvalue weighted by Crippen LogP contribution is -2.18. The summed E-state index contributed by atoms with van der Waals surface area (Å²) in [7, 11) is 1.62. The lowest BCUT2D eigenvalue weighted by atomic mass is 10.3. The number of pyridine rings is 1. The van der Waals surface area contributed by atoms with Crippen LogP contribution in [0.25, 0.3) is 0 Å². The quantitative estimate of drug-likeness (QED) is 0.868. The fourth-order valence-electron chi connectivity index (χ4n) is 1.39. The molecule has 1 aliphatic heterocycles. The lowest BCUT2D eigenvalue weighted by molar-refractivity contribution is 0.397. The van der Waals surface area contributed by atoms with Crippen LogP contribution < -0.4 is 10.1 Å². The summed E-state index contributed by atoms with van der Waals surface area (Å²) in [4.78, 5) is 8.54. The maximum Gasteiger partial charge on any atom is 0.212 e. The van der Waals surface area contributed by atoms with E-state index in [9.17, 15) is 0 Å². The molecule has 1 atom stereocenters. The van der Waals surface area contributed by atoms with Crippen LogP contribution in [0.1, 0.15) is 12.5 Å². The first-order valence-electron chi connectivity index (χ1n) is 5.22. The largest absolute Gasteiger partial charge is 0.481 e. The molecule has 1 unspecified atom stereocenters. The number of rotatable bonds is 3. The molecule has 16 heavy (non-hydrogen) atoms. The number of thioether (sulfide) groups is 1. The zero-order chi connectivity index (χ0) is 11.4. The molecule has 5 heteroatoms. The van der Waals surface area contributed by atoms with Gasteiger partial charge in [-0.2, -0.15) is 0 Å². The Kier molecular flexibility index (Phi) is 3.66. The van der Waals surface area contributed by atoms with E-state index in [1.165, 1.54) is 0 Å². The summed E-state index contributed by atoms with van der Waals surface area (Å²) < 4.78 is 5.00. The highest BCUT2D eigenvalue weighted by Gasteiger charge is 2.13. The number of hydrogen-bond acceptors (Lipinski definition) is 5. The highest BCUT2D eigenvalue weighted by Crippen LogP contribution is 2.18. The second-order valence-corrected chi connectivity index (χ2v) is 5.06. The van der Waals surface area contributed by atoms with Crippen molar-refractivity contribution in [2.75, 3.05) is 13.7 Å². The third-order valence-electron chi connectivity index (χ3n) is 2.26. The van der Waals surface area contributed by atoms with Crippen molar-refractivity contribution in [3.63, 3.8) is 0 Å². The van der Waals surface area contributed by atoms with Gasteiger partial charge in [-0.25, -0.2) is 4.98 Å². The van der Waals surface area contributed by atoms with E-state index in [2.05, 4.69) is 22.2 Å². The Morgan fingerprint density at radius 1 is 1.56 bits per heavy atom. The van der Waals surface area contributed by atoms with Crippen molar-refractivity contribution in [2.45, 2.75) is 18.7 Å². The van der Waals surface area contributed by atoms with Crippen LogP contribution in [0, 0.1) is 0 Å². The van der Waals surface area contributed by atoms with Gasteiger partial charge >= 0.3 is 0 Å². The first kappa shape index (κ1) is 11.3. The predicted molar refractivity (Wildman–Crippen MR) is 67.0 cm³/mol. The van der Waals surface area contributed by atoms with Crippen LogP contribution >= 0.6 is 11.8 Å². The minimum atomic E-state index is 0.594. The molecule has 0 aliphatic carbocycles. The van der Waals surface area contributed by atoms with Crippen LogP contribution in [0.5, 0.6) is 5.88 Å². The van der Waals surface area contributed by atoms with Gasteiger partial charge < -0.3 is 10.1 Å². The number of ether oxygens (including phenoxy) is 1. The van der Waals surface area contributed by atoms with Gasteiger partial charge in [0.05, 0.1) is 13.7 Å². The molecule has 86 valence electrons. The SMILES string of the molecule is COc1ccc(CNC2=NCC(C)S2)cn1. The molecule has 0 saturated carbocycles. The molecule has 1 aliphatic rings. The molecule has 0 bridgehead atoms. The number of amidine groups is 1. The van der Waals surface area contributed by atoms with Crippen molar-refractivity contribution in [2.24, 2.45) is 4.99 Å². The van der Waals surface area contributed by atoms with Crippen molar-refractivity contribution in [3.05, 3.63) is 23.9 Å². The molecule has 0 fully saturated rings. The maximum absolute atomic E-state index is 5.00. The summed E-state index contributed by atoms with van der Waals surface area (Å²) in [5.74, 6) is 0.643. The molecule has 1 N–H and O–H groups in total. The number of methoxy groups -OCH3 is 1. The van der Waals surface area contributed by atoms with E-state index in [1.54, 1.807) is 18.9 Å². The Morgan fingerprint density at radius 2 is 2.44 bits per heavy atom. The van der Waals surface area contributed by atoms with E-state index < -0.39 is 0 Å². The molecule has 1 aromatic rings. The van der Waals surface area contributed by atoms with Crippen molar-refractivity contribution in [1.29, 1.82) is 0 Å². The monoisotopic (exact) mass is 237 g/mol. The molecule has 0 aromatic carbocycles. The van der Waals surface area contributed by atoms with Crippen LogP contribution in [0.4, 0.5) is 0 Å². The molecule has 1 aromatic heterocycles. The van der Waals surface area contributed by atoms with E-state index in [0.29, 0.717) is 11.1 Å². The minimum absolute atomic E-state index is 0.594. The predicted octanol–water partition coefficient (Wildman–Crippen LogP) is 1.67. The van der Waals surface area contributed by atoms with Gasteiger partial charge in [0.25, 0.3) is 0 Å². The van der Waals surface area contributed by atoms with Gasteiger partial charge in [-0.3, -0.25) is 4.99 Å². The summed E-state index contributed by atoms with van der Waals surface area (Å²) in [6, 6.07) is 3.87. The van der Waals surface area contributed by atoms with E-state index in [4.69, 9.17) is 4.74 Å². The number of aliphatic imine (C=N–C) groups is 1. The summed E-state index contributed by atoms with van der Waals surface area (Å²) in [6.45, 7) is 3.85. The summed E-state index contributed by atoms with van der Waals surface area (Å²) in [6.07, 6.45) is 1.81. The first-order valence-corrected chi connectivity index (χ1v) is 6.10. The topological polar surface area (TPSA) is 46.5 Å². The van der Waals surface area contributed by atoms with Gasteiger partial charge in [-0.05, 0) is 5.56 Å². The third kappa shape index (κ3) is 2.88. The number of hydrogen-bond donors (Lipinski definition) is 1. The molecule has 0 saturated heterocycles. The maximum atomic E-state index is 5.00. The van der Waals surface area contributed by atoms with Gasteiger partial charge in [0.2, 0.25) is 5.88 Å². The molecule has 0 spiro atoms. The second-order valence-electron chi connectivity index (χ2n) is 3.64. The van der Waals surface area contributed by atoms with Crippen molar-refractivity contribution < 1.29 is 4.74 Å². The van der Waals surface area contributed by atoms with Crippen LogP contribution in [0.15, 0.2) is 23.3 Å². The van der Waals surface area contributed by atoms with Gasteiger partial charge in [-0.1, -0.05) is 24.8 Å². The van der Waals surface area contributed by atoms with Crippen molar-refractivity contribution in [1.82, 2.24) is 10.3 Å². The Balaban J connectivity index is 1.85. The van der Waals surface area contributed by atoms with Crippen molar-refractivity contribution >= 4 is 16.9 Å². The van der Waals surface area contributed by atoms with E-state index in [-0.39, 0.29) is 0 Å². The van der Waals surface area contributed by atoms with E-state index in [0.717, 1.165) is 23.8 Å². The fraction of sp³-hybridized carbons (Fsp3) is 0.455. The van der Waals surface area contributed by atoms with Gasteiger partial charge in [0, 0.05) is 24.1 Å². The van der Waals surface area contributed by atoms with Crippen molar-refractivity contribution in [3.8, 4) is 5.88 Å². The molecule has 2 rings (SSSR count). The van der Waals surface area contributed by atoms with Crippen LogP contribution in [0.3, 0.4) is 0 Å².